The highest BCUT2D eigenvalue weighted by Crippen LogP contribution is 2.39. The predicted octanol–water partition coefficient (Wildman–Crippen LogP) is 3.72. The fraction of sp³-hybridized carbons (Fsp3) is 0.294. The molecule has 0 aliphatic carbocycles. The molecule has 0 saturated carbocycles. The van der Waals surface area contributed by atoms with Crippen molar-refractivity contribution in [2.24, 2.45) is 5.73 Å². The third-order valence-electron chi connectivity index (χ3n) is 3.77. The first kappa shape index (κ1) is 14.2. The van der Waals surface area contributed by atoms with Crippen molar-refractivity contribution < 1.29 is 9.47 Å². The third-order valence-corrected chi connectivity index (χ3v) is 4.09. The molecule has 3 nitrogen and oxygen atoms in total. The van der Waals surface area contributed by atoms with E-state index in [1.807, 2.05) is 18.2 Å². The lowest BCUT2D eigenvalue weighted by Gasteiger charge is -2.23. The zero-order valence-corrected chi connectivity index (χ0v) is 12.7. The highest BCUT2D eigenvalue weighted by molar-refractivity contribution is 6.31. The van der Waals surface area contributed by atoms with E-state index in [0.29, 0.717) is 29.7 Å². The summed E-state index contributed by atoms with van der Waals surface area (Å²) in [6, 6.07) is 11.6. The minimum atomic E-state index is -0.274. The molecule has 3 rings (SSSR count). The Labute approximate surface area is 129 Å². The molecule has 1 heterocycles. The molecule has 2 aromatic rings. The quantitative estimate of drug-likeness (QED) is 0.940. The molecule has 1 aliphatic rings. The van der Waals surface area contributed by atoms with Gasteiger partial charge in [-0.05, 0) is 29.2 Å². The molecular weight excluding hydrogens is 286 g/mol. The van der Waals surface area contributed by atoms with E-state index in [9.17, 15) is 0 Å². The van der Waals surface area contributed by atoms with Crippen LogP contribution in [0, 0.1) is 0 Å². The van der Waals surface area contributed by atoms with Crippen molar-refractivity contribution in [2.75, 3.05) is 13.2 Å². The van der Waals surface area contributed by atoms with E-state index in [0.717, 1.165) is 17.5 Å². The van der Waals surface area contributed by atoms with Crippen LogP contribution in [0.25, 0.3) is 0 Å². The molecule has 0 saturated heterocycles. The molecule has 110 valence electrons. The van der Waals surface area contributed by atoms with Crippen LogP contribution in [0.4, 0.5) is 0 Å². The largest absolute Gasteiger partial charge is 0.486 e. The summed E-state index contributed by atoms with van der Waals surface area (Å²) in [7, 11) is 0. The first-order chi connectivity index (χ1) is 10.2. The summed E-state index contributed by atoms with van der Waals surface area (Å²) in [5.41, 5.74) is 9.64. The van der Waals surface area contributed by atoms with Crippen LogP contribution in [-0.4, -0.2) is 13.2 Å². The number of aryl methyl sites for hydroxylation is 1. The summed E-state index contributed by atoms with van der Waals surface area (Å²) in [4.78, 5) is 0. The van der Waals surface area contributed by atoms with Gasteiger partial charge in [-0.15, -0.1) is 0 Å². The molecule has 2 aromatic carbocycles. The number of ether oxygens (including phenoxy) is 2. The van der Waals surface area contributed by atoms with E-state index in [-0.39, 0.29) is 6.04 Å². The summed E-state index contributed by atoms with van der Waals surface area (Å²) in [6.45, 7) is 3.22. The Bertz CT molecular complexity index is 657. The second-order valence-corrected chi connectivity index (χ2v) is 5.45. The highest BCUT2D eigenvalue weighted by atomic mass is 35.5. The van der Waals surface area contributed by atoms with Crippen molar-refractivity contribution in [3.63, 3.8) is 0 Å². The lowest BCUT2D eigenvalue weighted by atomic mass is 9.93. The Morgan fingerprint density at radius 2 is 1.76 bits per heavy atom. The standard InChI is InChI=1S/C17H18ClNO2/c1-2-11-5-3-4-6-12(11)17(19)13-9-15-16(10-14(13)18)21-8-7-20-15/h3-6,9-10,17H,2,7-8,19H2,1H3. The molecule has 0 spiro atoms. The van der Waals surface area contributed by atoms with Gasteiger partial charge in [0.2, 0.25) is 0 Å². The summed E-state index contributed by atoms with van der Waals surface area (Å²) in [5, 5.41) is 0.609. The van der Waals surface area contributed by atoms with Gasteiger partial charge in [0.05, 0.1) is 6.04 Å². The fourth-order valence-corrected chi connectivity index (χ4v) is 2.92. The van der Waals surface area contributed by atoms with E-state index in [4.69, 9.17) is 26.8 Å². The van der Waals surface area contributed by atoms with Gasteiger partial charge in [0.25, 0.3) is 0 Å². The van der Waals surface area contributed by atoms with Gasteiger partial charge in [-0.3, -0.25) is 0 Å². The molecule has 21 heavy (non-hydrogen) atoms. The fourth-order valence-electron chi connectivity index (χ4n) is 2.65. The number of hydrogen-bond acceptors (Lipinski definition) is 3. The van der Waals surface area contributed by atoms with Gasteiger partial charge >= 0.3 is 0 Å². The van der Waals surface area contributed by atoms with Gasteiger partial charge in [-0.25, -0.2) is 0 Å². The maximum atomic E-state index is 6.45. The lowest BCUT2D eigenvalue weighted by Crippen LogP contribution is -2.18. The Morgan fingerprint density at radius 3 is 2.48 bits per heavy atom. The minimum absolute atomic E-state index is 0.274. The number of benzene rings is 2. The molecule has 4 heteroatoms. The number of fused-ring (bicyclic) bond motifs is 1. The third kappa shape index (κ3) is 2.71. The molecule has 2 N–H and O–H groups in total. The summed E-state index contributed by atoms with van der Waals surface area (Å²) >= 11 is 6.39. The molecule has 0 radical (unpaired) electrons. The Balaban J connectivity index is 2.03. The van der Waals surface area contributed by atoms with Gasteiger partial charge in [0.15, 0.2) is 11.5 Å². The maximum absolute atomic E-state index is 6.45. The molecule has 0 aromatic heterocycles. The first-order valence-corrected chi connectivity index (χ1v) is 7.51. The second-order valence-electron chi connectivity index (χ2n) is 5.05. The van der Waals surface area contributed by atoms with E-state index in [1.54, 1.807) is 6.07 Å². The SMILES string of the molecule is CCc1ccccc1C(N)c1cc2c(cc1Cl)OCCO2. The number of rotatable bonds is 3. The lowest BCUT2D eigenvalue weighted by molar-refractivity contribution is 0.171. The van der Waals surface area contributed by atoms with Gasteiger partial charge in [0.1, 0.15) is 13.2 Å². The molecule has 1 unspecified atom stereocenters. The highest BCUT2D eigenvalue weighted by Gasteiger charge is 2.20. The predicted molar refractivity (Wildman–Crippen MR) is 84.3 cm³/mol. The van der Waals surface area contributed by atoms with Crippen molar-refractivity contribution in [3.05, 3.63) is 58.1 Å². The zero-order valence-electron chi connectivity index (χ0n) is 11.9. The number of hydrogen-bond donors (Lipinski definition) is 1. The molecule has 0 amide bonds. The second kappa shape index (κ2) is 5.96. The summed E-state index contributed by atoms with van der Waals surface area (Å²) in [6.07, 6.45) is 0.937. The van der Waals surface area contributed by atoms with Crippen LogP contribution >= 0.6 is 11.6 Å². The Hall–Kier alpha value is -1.71. The van der Waals surface area contributed by atoms with E-state index in [2.05, 4.69) is 19.1 Å². The van der Waals surface area contributed by atoms with Crippen LogP contribution < -0.4 is 15.2 Å². The number of nitrogens with two attached hydrogens (primary N) is 1. The average Bonchev–Trinajstić information content (AvgIpc) is 2.53. The van der Waals surface area contributed by atoms with E-state index in [1.165, 1.54) is 5.56 Å². The monoisotopic (exact) mass is 303 g/mol. The normalized spacial score (nSPS) is 14.8. The van der Waals surface area contributed by atoms with Crippen LogP contribution in [0.1, 0.15) is 29.7 Å². The van der Waals surface area contributed by atoms with Crippen LogP contribution in [0.15, 0.2) is 36.4 Å². The summed E-state index contributed by atoms with van der Waals surface area (Å²) in [5.74, 6) is 1.40. The van der Waals surface area contributed by atoms with Gasteiger partial charge in [-0.2, -0.15) is 0 Å². The molecule has 0 fully saturated rings. The van der Waals surface area contributed by atoms with Crippen LogP contribution in [0.3, 0.4) is 0 Å². The van der Waals surface area contributed by atoms with Crippen molar-refractivity contribution in [1.82, 2.24) is 0 Å². The van der Waals surface area contributed by atoms with Gasteiger partial charge < -0.3 is 15.2 Å². The molecule has 1 aliphatic heterocycles. The number of halogens is 1. The minimum Gasteiger partial charge on any atom is -0.486 e. The first-order valence-electron chi connectivity index (χ1n) is 7.13. The van der Waals surface area contributed by atoms with E-state index >= 15 is 0 Å². The van der Waals surface area contributed by atoms with Crippen LogP contribution in [0.2, 0.25) is 5.02 Å². The summed E-state index contributed by atoms with van der Waals surface area (Å²) < 4.78 is 11.2. The Kier molecular flexibility index (Phi) is 4.04. The maximum Gasteiger partial charge on any atom is 0.162 e. The Morgan fingerprint density at radius 1 is 1.10 bits per heavy atom. The van der Waals surface area contributed by atoms with Crippen molar-refractivity contribution in [2.45, 2.75) is 19.4 Å². The van der Waals surface area contributed by atoms with E-state index < -0.39 is 0 Å². The van der Waals surface area contributed by atoms with Crippen molar-refractivity contribution in [3.8, 4) is 11.5 Å². The van der Waals surface area contributed by atoms with Crippen molar-refractivity contribution in [1.29, 1.82) is 0 Å². The van der Waals surface area contributed by atoms with Crippen LogP contribution in [-0.2, 0) is 6.42 Å². The smallest absolute Gasteiger partial charge is 0.162 e. The van der Waals surface area contributed by atoms with Gasteiger partial charge in [0, 0.05) is 11.1 Å². The topological polar surface area (TPSA) is 44.5 Å². The zero-order chi connectivity index (χ0) is 14.8. The van der Waals surface area contributed by atoms with Crippen LogP contribution in [0.5, 0.6) is 11.5 Å². The molecular formula is C17H18ClNO2. The van der Waals surface area contributed by atoms with Crippen molar-refractivity contribution >= 4 is 11.6 Å². The van der Waals surface area contributed by atoms with Gasteiger partial charge in [-0.1, -0.05) is 42.8 Å². The molecule has 1 atom stereocenters. The average molecular weight is 304 g/mol. The molecule has 0 bridgehead atoms.